The monoisotopic (exact) mass is 362 g/mol. The van der Waals surface area contributed by atoms with Gasteiger partial charge < -0.3 is 20.6 Å². The van der Waals surface area contributed by atoms with E-state index in [0.717, 1.165) is 10.9 Å². The zero-order chi connectivity index (χ0) is 18.0. The smallest absolute Gasteiger partial charge is 0.254 e. The van der Waals surface area contributed by atoms with Crippen molar-refractivity contribution in [1.29, 1.82) is 0 Å². The van der Waals surface area contributed by atoms with Crippen molar-refractivity contribution in [3.63, 3.8) is 0 Å². The summed E-state index contributed by atoms with van der Waals surface area (Å²) in [7, 11) is 0. The second-order valence-electron chi connectivity index (χ2n) is 5.47. The molecule has 0 spiro atoms. The number of carbonyl (C=O) groups excluding carboxylic acids is 1. The van der Waals surface area contributed by atoms with Crippen molar-refractivity contribution in [3.8, 4) is 11.1 Å². The molecule has 1 aromatic heterocycles. The Bertz CT molecular complexity index is 939. The Kier molecular flexibility index (Phi) is 5.03. The number of fused-ring (bicyclic) bond motifs is 1. The third-order valence-corrected chi connectivity index (χ3v) is 4.05. The highest BCUT2D eigenvalue weighted by Gasteiger charge is 2.15. The highest BCUT2D eigenvalue weighted by molar-refractivity contribution is 6.35. The van der Waals surface area contributed by atoms with Gasteiger partial charge in [-0.05, 0) is 41.5 Å². The Hall–Kier alpha value is -2.41. The van der Waals surface area contributed by atoms with Gasteiger partial charge in [0.25, 0.3) is 5.91 Å². The molecule has 25 heavy (non-hydrogen) atoms. The summed E-state index contributed by atoms with van der Waals surface area (Å²) in [5.41, 5.74) is 7.37. The first kappa shape index (κ1) is 17.4. The highest BCUT2D eigenvalue weighted by atomic mass is 35.5. The molecule has 0 bridgehead atoms. The number of benzene rings is 2. The highest BCUT2D eigenvalue weighted by Crippen LogP contribution is 2.33. The quantitative estimate of drug-likeness (QED) is 0.650. The molecule has 0 aliphatic rings. The van der Waals surface area contributed by atoms with Gasteiger partial charge in [0.15, 0.2) is 5.58 Å². The molecule has 2 aromatic carbocycles. The third kappa shape index (κ3) is 3.51. The standard InChI is InChI=1S/C18H16ClFN2O3/c19-15-8-11(5-12-6-13(9-21)25-17(12)15)10-1-2-16(20)14(7-10)18(24)22-3-4-23/h1-2,5-8,23H,3-4,9,21H2,(H,22,24). The van der Waals surface area contributed by atoms with Gasteiger partial charge in [0.1, 0.15) is 11.6 Å². The van der Waals surface area contributed by atoms with Gasteiger partial charge in [-0.3, -0.25) is 4.79 Å². The van der Waals surface area contributed by atoms with Crippen LogP contribution in [0.25, 0.3) is 22.1 Å². The van der Waals surface area contributed by atoms with E-state index in [1.54, 1.807) is 18.2 Å². The van der Waals surface area contributed by atoms with E-state index in [0.29, 0.717) is 21.9 Å². The fourth-order valence-electron chi connectivity index (χ4n) is 2.57. The number of carbonyl (C=O) groups is 1. The average molecular weight is 363 g/mol. The van der Waals surface area contributed by atoms with E-state index in [1.807, 2.05) is 6.07 Å². The van der Waals surface area contributed by atoms with Crippen LogP contribution in [0, 0.1) is 5.82 Å². The molecule has 5 nitrogen and oxygen atoms in total. The molecule has 4 N–H and O–H groups in total. The van der Waals surface area contributed by atoms with Gasteiger partial charge in [-0.15, -0.1) is 0 Å². The summed E-state index contributed by atoms with van der Waals surface area (Å²) in [5.74, 6) is -0.619. The number of hydrogen-bond acceptors (Lipinski definition) is 4. The van der Waals surface area contributed by atoms with Crippen molar-refractivity contribution < 1.29 is 18.7 Å². The zero-order valence-electron chi connectivity index (χ0n) is 13.2. The minimum absolute atomic E-state index is 0.0528. The predicted octanol–water partition coefficient (Wildman–Crippen LogP) is 3.07. The van der Waals surface area contributed by atoms with Crippen LogP contribution in [0.1, 0.15) is 16.1 Å². The average Bonchev–Trinajstić information content (AvgIpc) is 3.04. The first-order chi connectivity index (χ1) is 12.0. The van der Waals surface area contributed by atoms with E-state index >= 15 is 0 Å². The van der Waals surface area contributed by atoms with E-state index in [2.05, 4.69) is 5.32 Å². The van der Waals surface area contributed by atoms with E-state index < -0.39 is 11.7 Å². The van der Waals surface area contributed by atoms with Gasteiger partial charge in [-0.1, -0.05) is 17.7 Å². The molecule has 0 saturated heterocycles. The molecule has 3 rings (SSSR count). The Labute approximate surface area is 148 Å². The largest absolute Gasteiger partial charge is 0.458 e. The van der Waals surface area contributed by atoms with Crippen molar-refractivity contribution in [1.82, 2.24) is 5.32 Å². The van der Waals surface area contributed by atoms with Crippen LogP contribution >= 0.6 is 11.6 Å². The van der Waals surface area contributed by atoms with Crippen LogP contribution < -0.4 is 11.1 Å². The summed E-state index contributed by atoms with van der Waals surface area (Å²) >= 11 is 6.27. The van der Waals surface area contributed by atoms with Crippen molar-refractivity contribution in [3.05, 3.63) is 58.6 Å². The predicted molar refractivity (Wildman–Crippen MR) is 93.9 cm³/mol. The maximum absolute atomic E-state index is 14.0. The molecule has 3 aromatic rings. The minimum atomic E-state index is -0.639. The fraction of sp³-hybridized carbons (Fsp3) is 0.167. The second-order valence-corrected chi connectivity index (χ2v) is 5.87. The minimum Gasteiger partial charge on any atom is -0.458 e. The Morgan fingerprint density at radius 1 is 1.24 bits per heavy atom. The van der Waals surface area contributed by atoms with E-state index in [4.69, 9.17) is 26.9 Å². The van der Waals surface area contributed by atoms with Crippen molar-refractivity contribution >= 4 is 28.5 Å². The van der Waals surface area contributed by atoms with Gasteiger partial charge >= 0.3 is 0 Å². The summed E-state index contributed by atoms with van der Waals surface area (Å²) in [5, 5.41) is 12.4. The van der Waals surface area contributed by atoms with Gasteiger partial charge in [0.05, 0.1) is 23.7 Å². The molecule has 1 amide bonds. The zero-order valence-corrected chi connectivity index (χ0v) is 13.9. The normalized spacial score (nSPS) is 11.0. The first-order valence-electron chi connectivity index (χ1n) is 7.64. The summed E-state index contributed by atoms with van der Waals surface area (Å²) < 4.78 is 19.5. The SMILES string of the molecule is NCc1cc2cc(-c3ccc(F)c(C(=O)NCCO)c3)cc(Cl)c2o1. The Morgan fingerprint density at radius 3 is 2.76 bits per heavy atom. The lowest BCUT2D eigenvalue weighted by Crippen LogP contribution is -2.27. The summed E-state index contributed by atoms with van der Waals surface area (Å²) in [6, 6.07) is 9.57. The second kappa shape index (κ2) is 7.23. The number of amides is 1. The Balaban J connectivity index is 2.04. The lowest BCUT2D eigenvalue weighted by molar-refractivity contribution is 0.0941. The van der Waals surface area contributed by atoms with E-state index in [9.17, 15) is 9.18 Å². The van der Waals surface area contributed by atoms with E-state index in [-0.39, 0.29) is 25.3 Å². The molecule has 0 fully saturated rings. The number of hydrogen-bond donors (Lipinski definition) is 3. The number of aliphatic hydroxyl groups excluding tert-OH is 1. The van der Waals surface area contributed by atoms with Gasteiger partial charge in [-0.2, -0.15) is 0 Å². The molecule has 0 radical (unpaired) electrons. The summed E-state index contributed by atoms with van der Waals surface area (Å²) in [4.78, 5) is 12.0. The molecule has 0 aliphatic carbocycles. The number of furan rings is 1. The van der Waals surface area contributed by atoms with Gasteiger partial charge in [0, 0.05) is 11.9 Å². The molecule has 0 atom stereocenters. The fourth-order valence-corrected chi connectivity index (χ4v) is 2.84. The number of rotatable bonds is 5. The summed E-state index contributed by atoms with van der Waals surface area (Å²) in [6.45, 7) is 0.0898. The molecule has 0 saturated carbocycles. The van der Waals surface area contributed by atoms with Crippen molar-refractivity contribution in [2.24, 2.45) is 5.73 Å². The maximum atomic E-state index is 14.0. The number of nitrogens with one attached hydrogen (secondary N) is 1. The maximum Gasteiger partial charge on any atom is 0.254 e. The topological polar surface area (TPSA) is 88.5 Å². The summed E-state index contributed by atoms with van der Waals surface area (Å²) in [6.07, 6.45) is 0. The molecule has 130 valence electrons. The molecule has 0 aliphatic heterocycles. The lowest BCUT2D eigenvalue weighted by atomic mass is 10.0. The molecule has 7 heteroatoms. The third-order valence-electron chi connectivity index (χ3n) is 3.76. The van der Waals surface area contributed by atoms with Crippen LogP contribution in [0.15, 0.2) is 40.8 Å². The molecule has 1 heterocycles. The number of nitrogens with two attached hydrogens (primary N) is 1. The van der Waals surface area contributed by atoms with Crippen LogP contribution in [0.2, 0.25) is 5.02 Å². The van der Waals surface area contributed by atoms with E-state index in [1.165, 1.54) is 12.1 Å². The van der Waals surface area contributed by atoms with Crippen molar-refractivity contribution in [2.45, 2.75) is 6.54 Å². The molecular formula is C18H16ClFN2O3. The molecular weight excluding hydrogens is 347 g/mol. The van der Waals surface area contributed by atoms with Gasteiger partial charge in [-0.25, -0.2) is 4.39 Å². The number of aliphatic hydroxyl groups is 1. The van der Waals surface area contributed by atoms with Crippen LogP contribution in [0.3, 0.4) is 0 Å². The number of halogens is 2. The Morgan fingerprint density at radius 2 is 2.04 bits per heavy atom. The first-order valence-corrected chi connectivity index (χ1v) is 8.02. The van der Waals surface area contributed by atoms with Crippen LogP contribution in [0.5, 0.6) is 0 Å². The molecule has 0 unspecified atom stereocenters. The van der Waals surface area contributed by atoms with Crippen LogP contribution in [0.4, 0.5) is 4.39 Å². The van der Waals surface area contributed by atoms with Crippen LogP contribution in [-0.2, 0) is 6.54 Å². The van der Waals surface area contributed by atoms with Gasteiger partial charge in [0.2, 0.25) is 0 Å². The lowest BCUT2D eigenvalue weighted by Gasteiger charge is -2.08. The van der Waals surface area contributed by atoms with Crippen LogP contribution in [-0.4, -0.2) is 24.2 Å². The van der Waals surface area contributed by atoms with Crippen molar-refractivity contribution in [2.75, 3.05) is 13.2 Å².